The zero-order chi connectivity index (χ0) is 18.2. The van der Waals surface area contributed by atoms with Crippen LogP contribution in [0.4, 0.5) is 0 Å². The number of allylic oxidation sites excluding steroid dienone is 2. The van der Waals surface area contributed by atoms with E-state index in [1.54, 1.807) is 0 Å². The molecule has 0 fully saturated rings. The summed E-state index contributed by atoms with van der Waals surface area (Å²) in [5.41, 5.74) is 8.61. The number of guanidine groups is 1. The standard InChI is InChI=1S/C22H24N4.BrH/c1-17-3-7-19(8-4-17)11-13-21(25-26-22-23-15-16-24-22)14-12-20-9-5-18(2)6-10-20;/h3-14H,15-16H2,1-2H3,(H2,23,24,26);1H/b13-11+,14-12+;. The van der Waals surface area contributed by atoms with E-state index in [0.29, 0.717) is 0 Å². The summed E-state index contributed by atoms with van der Waals surface area (Å²) < 4.78 is 0. The van der Waals surface area contributed by atoms with Crippen LogP contribution in [-0.4, -0.2) is 24.8 Å². The Kier molecular flexibility index (Phi) is 8.01. The van der Waals surface area contributed by atoms with E-state index >= 15 is 0 Å². The Hall–Kier alpha value is -2.66. The average Bonchev–Trinajstić information content (AvgIpc) is 3.17. The van der Waals surface area contributed by atoms with Gasteiger partial charge in [-0.2, -0.15) is 5.10 Å². The van der Waals surface area contributed by atoms with Crippen molar-refractivity contribution < 1.29 is 0 Å². The highest BCUT2D eigenvalue weighted by Gasteiger charge is 2.02. The molecule has 1 aliphatic rings. The number of nitrogens with zero attached hydrogens (tertiary/aromatic N) is 2. The van der Waals surface area contributed by atoms with Crippen molar-refractivity contribution >= 4 is 40.8 Å². The predicted molar refractivity (Wildman–Crippen MR) is 122 cm³/mol. The first kappa shape index (κ1) is 20.6. The lowest BCUT2D eigenvalue weighted by molar-refractivity contribution is 0.918. The SMILES string of the molecule is Br.Cc1ccc(/C=C/C(/C=C/c2ccc(C)cc2)=NNC2=NCCN2)cc1. The van der Waals surface area contributed by atoms with Crippen molar-refractivity contribution in [1.29, 1.82) is 0 Å². The number of aryl methyl sites for hydroxylation is 2. The number of rotatable bonds is 5. The van der Waals surface area contributed by atoms with Crippen LogP contribution in [0.5, 0.6) is 0 Å². The van der Waals surface area contributed by atoms with Gasteiger partial charge < -0.3 is 5.32 Å². The summed E-state index contributed by atoms with van der Waals surface area (Å²) >= 11 is 0. The molecular formula is C22H25BrN4. The molecule has 0 amide bonds. The van der Waals surface area contributed by atoms with Crippen molar-refractivity contribution in [2.45, 2.75) is 13.8 Å². The van der Waals surface area contributed by atoms with Crippen LogP contribution >= 0.6 is 17.0 Å². The molecule has 0 unspecified atom stereocenters. The van der Waals surface area contributed by atoms with Gasteiger partial charge in [0.1, 0.15) is 0 Å². The highest BCUT2D eigenvalue weighted by molar-refractivity contribution is 8.93. The van der Waals surface area contributed by atoms with Crippen molar-refractivity contribution in [1.82, 2.24) is 10.7 Å². The Labute approximate surface area is 171 Å². The van der Waals surface area contributed by atoms with Gasteiger partial charge in [-0.3, -0.25) is 0 Å². The highest BCUT2D eigenvalue weighted by Crippen LogP contribution is 2.07. The molecule has 0 spiro atoms. The Morgan fingerprint density at radius 2 is 1.44 bits per heavy atom. The fourth-order valence-electron chi connectivity index (χ4n) is 2.44. The van der Waals surface area contributed by atoms with E-state index in [9.17, 15) is 0 Å². The second-order valence-electron chi connectivity index (χ2n) is 6.29. The van der Waals surface area contributed by atoms with Crippen molar-refractivity contribution in [2.24, 2.45) is 10.1 Å². The Bertz CT molecular complexity index is 789. The van der Waals surface area contributed by atoms with Crippen molar-refractivity contribution in [3.05, 3.63) is 82.9 Å². The molecule has 4 nitrogen and oxygen atoms in total. The smallest absolute Gasteiger partial charge is 0.212 e. The van der Waals surface area contributed by atoms with Crippen LogP contribution in [0.3, 0.4) is 0 Å². The number of hydrazone groups is 1. The first-order valence-corrected chi connectivity index (χ1v) is 8.80. The normalized spacial score (nSPS) is 13.2. The molecule has 27 heavy (non-hydrogen) atoms. The summed E-state index contributed by atoms with van der Waals surface area (Å²) in [7, 11) is 0. The molecule has 0 saturated carbocycles. The Morgan fingerprint density at radius 1 is 0.926 bits per heavy atom. The van der Waals surface area contributed by atoms with Crippen LogP contribution in [0.1, 0.15) is 22.3 Å². The third-order valence-corrected chi connectivity index (χ3v) is 4.01. The van der Waals surface area contributed by atoms with Gasteiger partial charge in [-0.25, -0.2) is 10.4 Å². The van der Waals surface area contributed by atoms with Crippen LogP contribution in [0.25, 0.3) is 12.2 Å². The zero-order valence-electron chi connectivity index (χ0n) is 15.6. The van der Waals surface area contributed by atoms with Gasteiger partial charge >= 0.3 is 0 Å². The minimum Gasteiger partial charge on any atom is -0.353 e. The zero-order valence-corrected chi connectivity index (χ0v) is 17.4. The number of nitrogens with one attached hydrogen (secondary N) is 2. The van der Waals surface area contributed by atoms with Gasteiger partial charge in [0, 0.05) is 6.54 Å². The number of hydrogen-bond donors (Lipinski definition) is 2. The van der Waals surface area contributed by atoms with E-state index < -0.39 is 0 Å². The number of aliphatic imine (C=N–C) groups is 1. The molecule has 2 aromatic carbocycles. The van der Waals surface area contributed by atoms with Crippen LogP contribution in [-0.2, 0) is 0 Å². The Balaban J connectivity index is 0.00000261. The van der Waals surface area contributed by atoms with Crippen molar-refractivity contribution in [2.75, 3.05) is 13.1 Å². The quantitative estimate of drug-likeness (QED) is 0.547. The number of halogens is 1. The lowest BCUT2D eigenvalue weighted by Gasteiger charge is -2.02. The summed E-state index contributed by atoms with van der Waals surface area (Å²) in [4.78, 5) is 4.30. The van der Waals surface area contributed by atoms with E-state index in [1.807, 2.05) is 12.2 Å². The second-order valence-corrected chi connectivity index (χ2v) is 6.29. The van der Waals surface area contributed by atoms with Crippen molar-refractivity contribution in [3.8, 4) is 0 Å². The molecule has 5 heteroatoms. The molecule has 140 valence electrons. The lowest BCUT2D eigenvalue weighted by Crippen LogP contribution is -2.30. The topological polar surface area (TPSA) is 48.8 Å². The molecule has 0 aliphatic carbocycles. The molecule has 0 aromatic heterocycles. The van der Waals surface area contributed by atoms with E-state index in [1.165, 1.54) is 11.1 Å². The van der Waals surface area contributed by atoms with Crippen LogP contribution in [0.2, 0.25) is 0 Å². The molecular weight excluding hydrogens is 400 g/mol. The number of benzene rings is 2. The maximum atomic E-state index is 4.47. The van der Waals surface area contributed by atoms with Crippen LogP contribution in [0, 0.1) is 13.8 Å². The molecule has 2 aromatic rings. The third kappa shape index (κ3) is 6.87. The fraction of sp³-hybridized carbons (Fsp3) is 0.182. The molecule has 2 N–H and O–H groups in total. The largest absolute Gasteiger partial charge is 0.353 e. The highest BCUT2D eigenvalue weighted by atomic mass is 79.9. The fourth-order valence-corrected chi connectivity index (χ4v) is 2.44. The van der Waals surface area contributed by atoms with E-state index in [-0.39, 0.29) is 17.0 Å². The van der Waals surface area contributed by atoms with Crippen LogP contribution in [0.15, 0.2) is 70.8 Å². The second kappa shape index (κ2) is 10.5. The van der Waals surface area contributed by atoms with Gasteiger partial charge in [-0.1, -0.05) is 71.8 Å². The van der Waals surface area contributed by atoms with E-state index in [0.717, 1.165) is 35.9 Å². The van der Waals surface area contributed by atoms with Gasteiger partial charge in [-0.15, -0.1) is 17.0 Å². The van der Waals surface area contributed by atoms with Gasteiger partial charge in [-0.05, 0) is 37.1 Å². The molecule has 0 atom stereocenters. The monoisotopic (exact) mass is 424 g/mol. The first-order chi connectivity index (χ1) is 12.7. The maximum absolute atomic E-state index is 4.47. The minimum atomic E-state index is 0. The van der Waals surface area contributed by atoms with E-state index in [2.05, 4.69) is 95.4 Å². The minimum absolute atomic E-state index is 0. The molecule has 0 saturated heterocycles. The summed E-state index contributed by atoms with van der Waals surface area (Å²) in [5, 5.41) is 7.63. The van der Waals surface area contributed by atoms with Gasteiger partial charge in [0.25, 0.3) is 0 Å². The first-order valence-electron chi connectivity index (χ1n) is 8.80. The van der Waals surface area contributed by atoms with Gasteiger partial charge in [0.05, 0.1) is 12.3 Å². The molecule has 1 heterocycles. The maximum Gasteiger partial charge on any atom is 0.212 e. The average molecular weight is 425 g/mol. The third-order valence-electron chi connectivity index (χ3n) is 4.01. The predicted octanol–water partition coefficient (Wildman–Crippen LogP) is 4.51. The lowest BCUT2D eigenvalue weighted by atomic mass is 10.1. The molecule has 0 radical (unpaired) electrons. The summed E-state index contributed by atoms with van der Waals surface area (Å²) in [6.45, 7) is 5.81. The summed E-state index contributed by atoms with van der Waals surface area (Å²) in [5.74, 6) is 0.718. The van der Waals surface area contributed by atoms with Gasteiger partial charge in [0.15, 0.2) is 0 Å². The molecule has 0 bridgehead atoms. The van der Waals surface area contributed by atoms with Gasteiger partial charge in [0.2, 0.25) is 5.96 Å². The van der Waals surface area contributed by atoms with Crippen LogP contribution < -0.4 is 10.7 Å². The summed E-state index contributed by atoms with van der Waals surface area (Å²) in [6.07, 6.45) is 8.11. The number of hydrogen-bond acceptors (Lipinski definition) is 4. The van der Waals surface area contributed by atoms with Crippen molar-refractivity contribution in [3.63, 3.8) is 0 Å². The van der Waals surface area contributed by atoms with E-state index in [4.69, 9.17) is 0 Å². The molecule has 1 aliphatic heterocycles. The summed E-state index contributed by atoms with van der Waals surface area (Å²) in [6, 6.07) is 16.8. The Morgan fingerprint density at radius 3 is 1.89 bits per heavy atom. The molecule has 3 rings (SSSR count).